The van der Waals surface area contributed by atoms with Crippen LogP contribution in [-0.4, -0.2) is 11.7 Å². The van der Waals surface area contributed by atoms with Crippen molar-refractivity contribution in [2.75, 3.05) is 0 Å². The summed E-state index contributed by atoms with van der Waals surface area (Å²) in [5.74, 6) is 0.941. The van der Waals surface area contributed by atoms with Crippen LogP contribution in [0, 0.1) is 0 Å². The zero-order chi connectivity index (χ0) is 35.6. The molecule has 2 N–H and O–H groups in total. The van der Waals surface area contributed by atoms with Gasteiger partial charge < -0.3 is 10.2 Å². The van der Waals surface area contributed by atoms with Crippen molar-refractivity contribution in [2.24, 2.45) is 15.7 Å². The molecule has 0 amide bonds. The molecule has 4 nitrogen and oxygen atoms in total. The highest BCUT2D eigenvalue weighted by Gasteiger charge is 2.18. The predicted molar refractivity (Wildman–Crippen MR) is 221 cm³/mol. The Morgan fingerprint density at radius 2 is 1.06 bits per heavy atom. The zero-order valence-electron chi connectivity index (χ0n) is 29.0. The van der Waals surface area contributed by atoms with Gasteiger partial charge >= 0.3 is 0 Å². The molecule has 0 atom stereocenters. The molecule has 0 spiro atoms. The maximum absolute atomic E-state index is 6.99. The second-order valence-corrected chi connectivity index (χ2v) is 13.2. The van der Waals surface area contributed by atoms with E-state index >= 15 is 0 Å². The van der Waals surface area contributed by atoms with Crippen LogP contribution >= 0.6 is 0 Å². The van der Waals surface area contributed by atoms with E-state index in [4.69, 9.17) is 20.1 Å². The first kappa shape index (κ1) is 31.9. The van der Waals surface area contributed by atoms with Gasteiger partial charge in [0.2, 0.25) is 0 Å². The van der Waals surface area contributed by atoms with Crippen molar-refractivity contribution < 1.29 is 4.42 Å². The highest BCUT2D eigenvalue weighted by atomic mass is 16.3. The third-order valence-corrected chi connectivity index (χ3v) is 9.81. The van der Waals surface area contributed by atoms with Gasteiger partial charge in [0.25, 0.3) is 0 Å². The molecule has 9 rings (SSSR count). The first-order valence-electron chi connectivity index (χ1n) is 17.8. The fourth-order valence-corrected chi connectivity index (χ4v) is 7.09. The molecule has 0 aliphatic carbocycles. The van der Waals surface area contributed by atoms with Crippen molar-refractivity contribution in [2.45, 2.75) is 6.54 Å². The molecule has 4 heteroatoms. The number of rotatable bonds is 7. The molecule has 1 heterocycles. The van der Waals surface area contributed by atoms with Crippen molar-refractivity contribution in [1.82, 2.24) is 0 Å². The Kier molecular flexibility index (Phi) is 8.39. The third-order valence-electron chi connectivity index (χ3n) is 9.81. The molecule has 0 fully saturated rings. The van der Waals surface area contributed by atoms with Crippen LogP contribution < -0.4 is 5.73 Å². The summed E-state index contributed by atoms with van der Waals surface area (Å²) in [6, 6.07) is 64.9. The van der Waals surface area contributed by atoms with Crippen molar-refractivity contribution in [3.05, 3.63) is 205 Å². The Morgan fingerprint density at radius 3 is 1.83 bits per heavy atom. The summed E-state index contributed by atoms with van der Waals surface area (Å²) in [5.41, 5.74) is 18.1. The van der Waals surface area contributed by atoms with Crippen LogP contribution in [0.25, 0.3) is 66.1 Å². The van der Waals surface area contributed by atoms with Gasteiger partial charge in [-0.25, -0.2) is 4.99 Å². The van der Waals surface area contributed by atoms with E-state index in [2.05, 4.69) is 133 Å². The van der Waals surface area contributed by atoms with Crippen LogP contribution in [-0.2, 0) is 6.54 Å². The summed E-state index contributed by atoms with van der Waals surface area (Å²) in [6.07, 6.45) is 0. The van der Waals surface area contributed by atoms with Gasteiger partial charge in [-0.15, -0.1) is 0 Å². The van der Waals surface area contributed by atoms with E-state index in [1.807, 2.05) is 54.6 Å². The molecule has 252 valence electrons. The molecule has 53 heavy (non-hydrogen) atoms. The van der Waals surface area contributed by atoms with Crippen LogP contribution in [0.4, 0.5) is 0 Å². The van der Waals surface area contributed by atoms with Gasteiger partial charge in [0.15, 0.2) is 5.84 Å². The van der Waals surface area contributed by atoms with Gasteiger partial charge in [0, 0.05) is 21.9 Å². The number of nitrogens with two attached hydrogens (primary N) is 1. The highest BCUT2D eigenvalue weighted by Crippen LogP contribution is 2.39. The molecule has 9 aromatic rings. The fraction of sp³-hybridized carbons (Fsp3) is 0.0204. The quantitative estimate of drug-likeness (QED) is 0.134. The van der Waals surface area contributed by atoms with E-state index in [1.165, 1.54) is 21.9 Å². The molecule has 0 radical (unpaired) electrons. The van der Waals surface area contributed by atoms with E-state index < -0.39 is 0 Å². The van der Waals surface area contributed by atoms with Crippen LogP contribution in [0.3, 0.4) is 0 Å². The molecule has 0 saturated carbocycles. The first-order valence-corrected chi connectivity index (χ1v) is 17.8. The van der Waals surface area contributed by atoms with E-state index in [9.17, 15) is 0 Å². The lowest BCUT2D eigenvalue weighted by Crippen LogP contribution is -2.17. The number of nitrogens with zero attached hydrogens (tertiary/aromatic N) is 2. The third kappa shape index (κ3) is 6.39. The second-order valence-electron chi connectivity index (χ2n) is 13.2. The molecule has 0 aliphatic rings. The summed E-state index contributed by atoms with van der Waals surface area (Å²) < 4.78 is 6.43. The molecule has 0 aliphatic heterocycles. The average Bonchev–Trinajstić information content (AvgIpc) is 3.62. The Balaban J connectivity index is 1.12. The lowest BCUT2D eigenvalue weighted by atomic mass is 9.95. The molecule has 0 bridgehead atoms. The maximum Gasteiger partial charge on any atom is 0.157 e. The summed E-state index contributed by atoms with van der Waals surface area (Å²) in [7, 11) is 0. The SMILES string of the molecule is NC(=NC(=NCc1ccccc1)c1ccc(-c2ccc3ccccc3c2)cc1)c1cccc2oc3cccc(-c4ccc(-c5ccccc5)cc4)c3c12. The minimum absolute atomic E-state index is 0.373. The lowest BCUT2D eigenvalue weighted by molar-refractivity contribution is 0.669. The highest BCUT2D eigenvalue weighted by molar-refractivity contribution is 6.23. The maximum atomic E-state index is 6.99. The molecule has 8 aromatic carbocycles. The van der Waals surface area contributed by atoms with E-state index in [0.717, 1.165) is 60.9 Å². The Hall–Kier alpha value is -7.04. The second kappa shape index (κ2) is 13.9. The van der Waals surface area contributed by atoms with Gasteiger partial charge in [0.05, 0.1) is 6.54 Å². The average molecular weight is 682 g/mol. The van der Waals surface area contributed by atoms with Crippen molar-refractivity contribution >= 4 is 44.4 Å². The lowest BCUT2D eigenvalue weighted by Gasteiger charge is -2.10. The normalized spacial score (nSPS) is 12.2. The van der Waals surface area contributed by atoms with E-state index in [1.54, 1.807) is 0 Å². The van der Waals surface area contributed by atoms with E-state index in [-0.39, 0.29) is 0 Å². The monoisotopic (exact) mass is 681 g/mol. The molecule has 0 unspecified atom stereocenters. The van der Waals surface area contributed by atoms with Gasteiger partial charge in [-0.3, -0.25) is 4.99 Å². The molecular formula is C49H35N3O. The Labute approximate surface area is 308 Å². The number of amidine groups is 2. The largest absolute Gasteiger partial charge is 0.456 e. The molecular weight excluding hydrogens is 647 g/mol. The zero-order valence-corrected chi connectivity index (χ0v) is 29.0. The first-order chi connectivity index (χ1) is 26.2. The van der Waals surface area contributed by atoms with Gasteiger partial charge in [-0.05, 0) is 67.9 Å². The minimum atomic E-state index is 0.373. The summed E-state index contributed by atoms with van der Waals surface area (Å²) >= 11 is 0. The van der Waals surface area contributed by atoms with E-state index in [0.29, 0.717) is 18.2 Å². The number of fused-ring (bicyclic) bond motifs is 4. The van der Waals surface area contributed by atoms with Gasteiger partial charge in [0.1, 0.15) is 17.0 Å². The van der Waals surface area contributed by atoms with Gasteiger partial charge in [-0.1, -0.05) is 170 Å². The summed E-state index contributed by atoms with van der Waals surface area (Å²) in [5, 5.41) is 4.37. The van der Waals surface area contributed by atoms with Crippen molar-refractivity contribution in [3.8, 4) is 33.4 Å². The standard InChI is InChI=1S/C49H35N3O/c50-48(43-18-10-20-45-47(43)46-42(17-9-19-44(46)53-45)38-26-21-36(22-27-38)34-13-5-2-6-14-34)52-49(51-32-33-11-3-1-4-12-33)39-28-23-37(24-29-39)41-30-25-35-15-7-8-16-40(35)31-41/h1-31H,32H2,(H2,50,51,52). The van der Waals surface area contributed by atoms with Crippen LogP contribution in [0.2, 0.25) is 0 Å². The number of furan rings is 1. The van der Waals surface area contributed by atoms with Crippen LogP contribution in [0.5, 0.6) is 0 Å². The smallest absolute Gasteiger partial charge is 0.157 e. The van der Waals surface area contributed by atoms with Crippen LogP contribution in [0.15, 0.2) is 202 Å². The Morgan fingerprint density at radius 1 is 0.472 bits per heavy atom. The fourth-order valence-electron chi connectivity index (χ4n) is 7.09. The summed E-state index contributed by atoms with van der Waals surface area (Å²) in [6.45, 7) is 0.474. The number of hydrogen-bond acceptors (Lipinski definition) is 2. The number of aliphatic imine (C=N–C) groups is 2. The minimum Gasteiger partial charge on any atom is -0.456 e. The van der Waals surface area contributed by atoms with Crippen molar-refractivity contribution in [3.63, 3.8) is 0 Å². The van der Waals surface area contributed by atoms with Crippen molar-refractivity contribution in [1.29, 1.82) is 0 Å². The summed E-state index contributed by atoms with van der Waals surface area (Å²) in [4.78, 5) is 10.1. The van der Waals surface area contributed by atoms with Gasteiger partial charge in [-0.2, -0.15) is 0 Å². The molecule has 0 saturated heterocycles. The Bertz CT molecular complexity index is 2780. The molecule has 1 aromatic heterocycles. The topological polar surface area (TPSA) is 63.9 Å². The number of benzene rings is 8. The number of hydrogen-bond donors (Lipinski definition) is 1. The predicted octanol–water partition coefficient (Wildman–Crippen LogP) is 12.1. The van der Waals surface area contributed by atoms with Crippen LogP contribution in [0.1, 0.15) is 16.7 Å².